The smallest absolute Gasteiger partial charge is 0.341 e. The van der Waals surface area contributed by atoms with Crippen molar-refractivity contribution in [1.29, 1.82) is 0 Å². The predicted octanol–water partition coefficient (Wildman–Crippen LogP) is 1.48. The maximum Gasteiger partial charge on any atom is 0.341 e. The number of fused-ring (bicyclic) bond motifs is 3. The van der Waals surface area contributed by atoms with Crippen LogP contribution in [0.4, 0.5) is 10.2 Å². The molecule has 0 radical (unpaired) electrons. The topological polar surface area (TPSA) is 108 Å². The van der Waals surface area contributed by atoms with E-state index in [2.05, 4.69) is 10.3 Å². The summed E-state index contributed by atoms with van der Waals surface area (Å²) in [5, 5.41) is 22.2. The average Bonchev–Trinajstić information content (AvgIpc) is 3.32. The molecule has 2 unspecified atom stereocenters. The number of halogens is 1. The Morgan fingerprint density at radius 2 is 2.03 bits per heavy atom. The Morgan fingerprint density at radius 3 is 2.66 bits per heavy atom. The molecular formula is C20H17FN4O4. The Morgan fingerprint density at radius 1 is 1.28 bits per heavy atom. The molecule has 0 spiro atoms. The molecule has 9 heteroatoms. The van der Waals surface area contributed by atoms with Crippen molar-refractivity contribution in [3.8, 4) is 11.4 Å². The Hall–Kier alpha value is -3.46. The maximum atomic E-state index is 14.9. The average molecular weight is 396 g/mol. The fraction of sp³-hybridized carbons (Fsp3) is 0.250. The number of carboxylic acid groups (broad SMARTS) is 1. The van der Waals surface area contributed by atoms with Crippen LogP contribution in [0.15, 0.2) is 41.3 Å². The summed E-state index contributed by atoms with van der Waals surface area (Å²) in [6.07, 6.45) is 2.09. The zero-order chi connectivity index (χ0) is 20.3. The van der Waals surface area contributed by atoms with Crippen molar-refractivity contribution in [3.05, 3.63) is 58.1 Å². The van der Waals surface area contributed by atoms with E-state index in [1.165, 1.54) is 22.9 Å². The number of carboxylic acids is 1. The summed E-state index contributed by atoms with van der Waals surface area (Å²) in [5.41, 5.74) is -0.614. The molecule has 2 aromatic heterocycles. The standard InChI is InChI=1S/C20H17FN4O4/c21-16-6-14-17(27)15(20(28)29)9-25(11-1-3-13(26)4-2-11)18(14)23-19(16)24-8-10-5-12(24)7-22-10/h1-4,6,9-10,12,22,26H,5,7-8H2,(H,28,29). The molecule has 2 atom stereocenters. The largest absolute Gasteiger partial charge is 0.508 e. The zero-order valence-corrected chi connectivity index (χ0v) is 15.2. The van der Waals surface area contributed by atoms with Gasteiger partial charge in [0.15, 0.2) is 17.3 Å². The minimum Gasteiger partial charge on any atom is -0.508 e. The molecule has 0 saturated carbocycles. The van der Waals surface area contributed by atoms with Gasteiger partial charge in [-0.1, -0.05) is 0 Å². The van der Waals surface area contributed by atoms with E-state index in [-0.39, 0.29) is 34.7 Å². The van der Waals surface area contributed by atoms with Crippen molar-refractivity contribution in [1.82, 2.24) is 14.9 Å². The van der Waals surface area contributed by atoms with Gasteiger partial charge in [-0.3, -0.25) is 4.79 Å². The van der Waals surface area contributed by atoms with Gasteiger partial charge in [-0.2, -0.15) is 0 Å². The fourth-order valence-corrected chi connectivity index (χ4v) is 4.20. The summed E-state index contributed by atoms with van der Waals surface area (Å²) in [6.45, 7) is 1.36. The first kappa shape index (κ1) is 17.6. The van der Waals surface area contributed by atoms with Gasteiger partial charge in [-0.25, -0.2) is 14.2 Å². The van der Waals surface area contributed by atoms with E-state index in [0.29, 0.717) is 12.2 Å². The van der Waals surface area contributed by atoms with E-state index in [4.69, 9.17) is 0 Å². The lowest BCUT2D eigenvalue weighted by molar-refractivity contribution is 0.0695. The monoisotopic (exact) mass is 396 g/mol. The van der Waals surface area contributed by atoms with Crippen molar-refractivity contribution in [2.75, 3.05) is 18.0 Å². The molecule has 3 aromatic rings. The molecule has 5 rings (SSSR count). The number of benzene rings is 1. The number of hydrogen-bond donors (Lipinski definition) is 3. The lowest BCUT2D eigenvalue weighted by Crippen LogP contribution is -2.44. The lowest BCUT2D eigenvalue weighted by atomic mass is 10.1. The number of piperazine rings is 1. The number of phenols is 1. The van der Waals surface area contributed by atoms with Crippen LogP contribution in [-0.2, 0) is 0 Å². The Balaban J connectivity index is 1.78. The van der Waals surface area contributed by atoms with E-state index < -0.39 is 22.8 Å². The SMILES string of the molecule is O=C(O)c1cn(-c2ccc(O)cc2)c2nc(N3CC4CC3CN4)c(F)cc2c1=O. The maximum absolute atomic E-state index is 14.9. The van der Waals surface area contributed by atoms with Crippen LogP contribution in [0, 0.1) is 5.82 Å². The molecule has 148 valence electrons. The van der Waals surface area contributed by atoms with Gasteiger partial charge in [0.25, 0.3) is 0 Å². The second-order valence-electron chi connectivity index (χ2n) is 7.38. The van der Waals surface area contributed by atoms with Crippen molar-refractivity contribution in [2.45, 2.75) is 18.5 Å². The highest BCUT2D eigenvalue weighted by Gasteiger charge is 2.39. The quantitative estimate of drug-likeness (QED) is 0.615. The normalized spacial score (nSPS) is 20.5. The minimum absolute atomic E-state index is 0.0397. The molecule has 2 saturated heterocycles. The molecule has 0 aliphatic carbocycles. The fourth-order valence-electron chi connectivity index (χ4n) is 4.20. The highest BCUT2D eigenvalue weighted by Crippen LogP contribution is 2.31. The molecule has 0 amide bonds. The number of nitrogens with one attached hydrogen (secondary N) is 1. The lowest BCUT2D eigenvalue weighted by Gasteiger charge is -2.29. The van der Waals surface area contributed by atoms with Crippen LogP contribution in [0.2, 0.25) is 0 Å². The molecule has 8 nitrogen and oxygen atoms in total. The predicted molar refractivity (Wildman–Crippen MR) is 103 cm³/mol. The number of hydrogen-bond acceptors (Lipinski definition) is 6. The van der Waals surface area contributed by atoms with Gasteiger partial charge in [0.2, 0.25) is 5.43 Å². The molecule has 1 aromatic carbocycles. The summed E-state index contributed by atoms with van der Waals surface area (Å²) in [4.78, 5) is 30.6. The van der Waals surface area contributed by atoms with Crippen LogP contribution >= 0.6 is 0 Å². The number of rotatable bonds is 3. The number of pyridine rings is 2. The molecule has 3 N–H and O–H groups in total. The van der Waals surface area contributed by atoms with Gasteiger partial charge in [-0.15, -0.1) is 0 Å². The van der Waals surface area contributed by atoms with Gasteiger partial charge in [0.05, 0.1) is 5.39 Å². The third-order valence-electron chi connectivity index (χ3n) is 5.60. The number of aromatic carboxylic acids is 1. The first-order valence-corrected chi connectivity index (χ1v) is 9.21. The summed E-state index contributed by atoms with van der Waals surface area (Å²) in [6, 6.07) is 7.50. The number of phenolic OH excluding ortho intramolecular Hbond substituents is 1. The summed E-state index contributed by atoms with van der Waals surface area (Å²) in [5.74, 6) is -1.86. The first-order chi connectivity index (χ1) is 13.9. The Labute approximate surface area is 163 Å². The summed E-state index contributed by atoms with van der Waals surface area (Å²) >= 11 is 0. The van der Waals surface area contributed by atoms with Crippen LogP contribution in [-0.4, -0.2) is 50.9 Å². The van der Waals surface area contributed by atoms with Crippen LogP contribution < -0.4 is 15.6 Å². The number of aromatic hydroxyl groups is 1. The van der Waals surface area contributed by atoms with E-state index in [1.807, 2.05) is 4.90 Å². The van der Waals surface area contributed by atoms with Crippen molar-refractivity contribution < 1.29 is 19.4 Å². The summed E-state index contributed by atoms with van der Waals surface area (Å²) in [7, 11) is 0. The Bertz CT molecular complexity index is 1210. The molecule has 2 aliphatic rings. The van der Waals surface area contributed by atoms with Gasteiger partial charge in [0, 0.05) is 37.1 Å². The highest BCUT2D eigenvalue weighted by molar-refractivity contribution is 5.92. The van der Waals surface area contributed by atoms with Gasteiger partial charge >= 0.3 is 5.97 Å². The molecule has 4 heterocycles. The van der Waals surface area contributed by atoms with Crippen molar-refractivity contribution in [2.24, 2.45) is 0 Å². The number of nitrogens with zero attached hydrogens (tertiary/aromatic N) is 3. The van der Waals surface area contributed by atoms with Gasteiger partial charge < -0.3 is 25.0 Å². The molecule has 2 aliphatic heterocycles. The molecule has 29 heavy (non-hydrogen) atoms. The highest BCUT2D eigenvalue weighted by atomic mass is 19.1. The third kappa shape index (κ3) is 2.73. The summed E-state index contributed by atoms with van der Waals surface area (Å²) < 4.78 is 16.4. The second-order valence-corrected chi connectivity index (χ2v) is 7.38. The second kappa shape index (κ2) is 6.28. The van der Waals surface area contributed by atoms with Crippen molar-refractivity contribution >= 4 is 22.8 Å². The molecule has 2 fully saturated rings. The van der Waals surface area contributed by atoms with Crippen LogP contribution in [0.5, 0.6) is 5.75 Å². The number of aromatic nitrogens is 2. The minimum atomic E-state index is -1.41. The van der Waals surface area contributed by atoms with Crippen LogP contribution in [0.3, 0.4) is 0 Å². The van der Waals surface area contributed by atoms with Gasteiger partial charge in [-0.05, 0) is 36.8 Å². The van der Waals surface area contributed by atoms with Gasteiger partial charge in [0.1, 0.15) is 11.3 Å². The van der Waals surface area contributed by atoms with E-state index in [0.717, 1.165) is 19.0 Å². The van der Waals surface area contributed by atoms with E-state index in [9.17, 15) is 24.2 Å². The van der Waals surface area contributed by atoms with E-state index >= 15 is 0 Å². The van der Waals surface area contributed by atoms with Crippen molar-refractivity contribution in [3.63, 3.8) is 0 Å². The molecular weight excluding hydrogens is 379 g/mol. The first-order valence-electron chi connectivity index (χ1n) is 9.21. The van der Waals surface area contributed by atoms with Crippen LogP contribution in [0.25, 0.3) is 16.7 Å². The molecule has 2 bridgehead atoms. The Kier molecular flexibility index (Phi) is 3.82. The third-order valence-corrected chi connectivity index (χ3v) is 5.60. The van der Waals surface area contributed by atoms with Crippen LogP contribution in [0.1, 0.15) is 16.8 Å². The van der Waals surface area contributed by atoms with E-state index in [1.54, 1.807) is 12.1 Å². The number of anilines is 1. The zero-order valence-electron chi connectivity index (χ0n) is 15.2. The number of carbonyl (C=O) groups is 1.